The van der Waals surface area contributed by atoms with Gasteiger partial charge >= 0.3 is 0 Å². The fraction of sp³-hybridized carbons (Fsp3) is 0.235. The van der Waals surface area contributed by atoms with Crippen molar-refractivity contribution in [1.82, 2.24) is 9.13 Å². The molecule has 0 unspecified atom stereocenters. The molecule has 0 N–H and O–H groups in total. The Hall–Kier alpha value is -8.36. The van der Waals surface area contributed by atoms with Gasteiger partial charge in [0.05, 0.1) is 55.7 Å². The summed E-state index contributed by atoms with van der Waals surface area (Å²) in [6.07, 6.45) is 0. The van der Waals surface area contributed by atoms with E-state index < -0.39 is 0 Å². The SMILES string of the molecule is CC(C)(C)c1ccc2c(c1)c1cc(C(C)(C)C)ccc1n2-c1ccc2c(c1)C(=O)N(c1ccc(-c3ccc(N4C(=O)c5ccc(-n6c7ccc(C(C)(C)C)cc7c7cc(C(C)(C)C)ccc76)cc5C4=O)cc3)cc1)C2=O. The van der Waals surface area contributed by atoms with Gasteiger partial charge in [-0.3, -0.25) is 19.2 Å². The van der Waals surface area contributed by atoms with Gasteiger partial charge in [0.2, 0.25) is 0 Å². The number of aromatic nitrogens is 2. The Labute approximate surface area is 444 Å². The van der Waals surface area contributed by atoms with Crippen molar-refractivity contribution in [2.75, 3.05) is 9.80 Å². The largest absolute Gasteiger partial charge is 0.309 e. The van der Waals surface area contributed by atoms with Crippen molar-refractivity contribution in [2.24, 2.45) is 0 Å². The normalized spacial score (nSPS) is 14.4. The Balaban J connectivity index is 0.808. The van der Waals surface area contributed by atoms with E-state index in [0.717, 1.165) is 66.1 Å². The Bertz CT molecular complexity index is 3750. The molecule has 0 radical (unpaired) electrons. The molecule has 0 saturated carbocycles. The van der Waals surface area contributed by atoms with Gasteiger partial charge in [-0.15, -0.1) is 0 Å². The number of imide groups is 2. The molecule has 0 atom stereocenters. The molecule has 2 aliphatic heterocycles. The molecule has 2 aliphatic rings. The number of carbonyl (C=O) groups is 4. The highest BCUT2D eigenvalue weighted by Crippen LogP contribution is 2.42. The van der Waals surface area contributed by atoms with Crippen LogP contribution in [0.3, 0.4) is 0 Å². The molecule has 8 nitrogen and oxygen atoms in total. The number of benzene rings is 8. The van der Waals surface area contributed by atoms with Crippen molar-refractivity contribution in [3.8, 4) is 22.5 Å². The molecule has 0 fully saturated rings. The lowest BCUT2D eigenvalue weighted by molar-refractivity contribution is 0.0910. The third kappa shape index (κ3) is 7.63. The highest BCUT2D eigenvalue weighted by Gasteiger charge is 2.39. The molecular weight excluding hydrogens is 937 g/mol. The summed E-state index contributed by atoms with van der Waals surface area (Å²) in [6.45, 7) is 26.7. The minimum Gasteiger partial charge on any atom is -0.309 e. The van der Waals surface area contributed by atoms with Crippen LogP contribution in [0.5, 0.6) is 0 Å². The van der Waals surface area contributed by atoms with Crippen LogP contribution in [0, 0.1) is 0 Å². The maximum Gasteiger partial charge on any atom is 0.266 e. The van der Waals surface area contributed by atoms with Crippen molar-refractivity contribution in [2.45, 2.75) is 105 Å². The van der Waals surface area contributed by atoms with E-state index in [4.69, 9.17) is 0 Å². The first kappa shape index (κ1) is 48.6. The first-order chi connectivity index (χ1) is 35.9. The van der Waals surface area contributed by atoms with Crippen LogP contribution in [-0.2, 0) is 21.7 Å². The number of fused-ring (bicyclic) bond motifs is 8. The molecule has 8 aromatic carbocycles. The molecular formula is C68H62N4O4. The summed E-state index contributed by atoms with van der Waals surface area (Å²) in [7, 11) is 0. The molecule has 0 spiro atoms. The van der Waals surface area contributed by atoms with Gasteiger partial charge in [0, 0.05) is 32.9 Å². The third-order valence-corrected chi connectivity index (χ3v) is 15.8. The van der Waals surface area contributed by atoms with Crippen molar-refractivity contribution in [3.63, 3.8) is 0 Å². The van der Waals surface area contributed by atoms with Crippen LogP contribution in [0.2, 0.25) is 0 Å². The lowest BCUT2D eigenvalue weighted by Gasteiger charge is -2.19. The van der Waals surface area contributed by atoms with Crippen LogP contribution in [0.4, 0.5) is 11.4 Å². The van der Waals surface area contributed by atoms with E-state index in [-0.39, 0.29) is 45.3 Å². The molecule has 4 heterocycles. The minimum absolute atomic E-state index is 0.0410. The quantitative estimate of drug-likeness (QED) is 0.161. The van der Waals surface area contributed by atoms with Gasteiger partial charge in [-0.05, 0) is 164 Å². The van der Waals surface area contributed by atoms with E-state index in [2.05, 4.69) is 165 Å². The zero-order chi connectivity index (χ0) is 53.7. The Morgan fingerprint density at radius 1 is 0.263 bits per heavy atom. The monoisotopic (exact) mass is 998 g/mol. The number of hydrogen-bond donors (Lipinski definition) is 0. The Morgan fingerprint density at radius 3 is 0.776 bits per heavy atom. The second kappa shape index (κ2) is 16.6. The zero-order valence-corrected chi connectivity index (χ0v) is 45.4. The molecule has 4 amide bonds. The summed E-state index contributed by atoms with van der Waals surface area (Å²) in [6, 6.07) is 52.4. The van der Waals surface area contributed by atoms with Gasteiger partial charge in [-0.1, -0.05) is 132 Å². The van der Waals surface area contributed by atoms with Gasteiger partial charge in [0.25, 0.3) is 23.6 Å². The van der Waals surface area contributed by atoms with Crippen molar-refractivity contribution in [1.29, 1.82) is 0 Å². The third-order valence-electron chi connectivity index (χ3n) is 15.8. The fourth-order valence-corrected chi connectivity index (χ4v) is 11.3. The van der Waals surface area contributed by atoms with E-state index in [9.17, 15) is 19.2 Å². The summed E-state index contributed by atoms with van der Waals surface area (Å²) in [4.78, 5) is 59.2. The van der Waals surface area contributed by atoms with Crippen LogP contribution in [0.1, 0.15) is 147 Å². The van der Waals surface area contributed by atoms with Crippen LogP contribution in [0.15, 0.2) is 158 Å². The first-order valence-electron chi connectivity index (χ1n) is 26.3. The first-order valence-corrected chi connectivity index (χ1v) is 26.3. The molecule has 76 heavy (non-hydrogen) atoms. The summed E-state index contributed by atoms with van der Waals surface area (Å²) < 4.78 is 4.40. The highest BCUT2D eigenvalue weighted by atomic mass is 16.2. The van der Waals surface area contributed by atoms with Gasteiger partial charge in [-0.2, -0.15) is 0 Å². The van der Waals surface area contributed by atoms with E-state index in [1.54, 1.807) is 36.4 Å². The van der Waals surface area contributed by atoms with Gasteiger partial charge in [0.1, 0.15) is 0 Å². The summed E-state index contributed by atoms with van der Waals surface area (Å²) in [5.41, 5.74) is 14.6. The summed E-state index contributed by atoms with van der Waals surface area (Å²) >= 11 is 0. The van der Waals surface area contributed by atoms with Gasteiger partial charge in [-0.25, -0.2) is 9.80 Å². The lowest BCUT2D eigenvalue weighted by Crippen LogP contribution is -2.29. The minimum atomic E-state index is -0.378. The molecule has 378 valence electrons. The molecule has 10 aromatic rings. The molecule has 8 heteroatoms. The van der Waals surface area contributed by atoms with Crippen LogP contribution in [-0.4, -0.2) is 32.8 Å². The smallest absolute Gasteiger partial charge is 0.266 e. The van der Waals surface area contributed by atoms with Gasteiger partial charge in [0.15, 0.2) is 0 Å². The zero-order valence-electron chi connectivity index (χ0n) is 45.4. The predicted octanol–water partition coefficient (Wildman–Crippen LogP) is 16.3. The summed E-state index contributed by atoms with van der Waals surface area (Å²) in [5, 5.41) is 4.58. The van der Waals surface area contributed by atoms with Gasteiger partial charge < -0.3 is 9.13 Å². The molecule has 0 saturated heterocycles. The average molecular weight is 999 g/mol. The maximum atomic E-state index is 14.3. The number of carbonyl (C=O) groups excluding carboxylic acids is 4. The van der Waals surface area contributed by atoms with E-state index >= 15 is 0 Å². The molecule has 0 bridgehead atoms. The number of hydrogen-bond acceptors (Lipinski definition) is 4. The molecule has 0 aliphatic carbocycles. The van der Waals surface area contributed by atoms with Crippen molar-refractivity contribution in [3.05, 3.63) is 202 Å². The predicted molar refractivity (Wildman–Crippen MR) is 311 cm³/mol. The van der Waals surface area contributed by atoms with Crippen LogP contribution < -0.4 is 9.80 Å². The lowest BCUT2D eigenvalue weighted by atomic mass is 9.85. The van der Waals surface area contributed by atoms with E-state index in [1.165, 1.54) is 32.1 Å². The van der Waals surface area contributed by atoms with Crippen LogP contribution >= 0.6 is 0 Å². The van der Waals surface area contributed by atoms with Crippen LogP contribution in [0.25, 0.3) is 66.1 Å². The Kier molecular flexibility index (Phi) is 10.6. The van der Waals surface area contributed by atoms with Crippen molar-refractivity contribution < 1.29 is 19.2 Å². The average Bonchev–Trinajstić information content (AvgIpc) is 4.09. The number of nitrogens with zero attached hydrogens (tertiary/aromatic N) is 4. The second-order valence-corrected chi connectivity index (χ2v) is 25.0. The number of rotatable bonds is 5. The fourth-order valence-electron chi connectivity index (χ4n) is 11.3. The molecule has 2 aromatic heterocycles. The molecule has 12 rings (SSSR count). The maximum absolute atomic E-state index is 14.3. The Morgan fingerprint density at radius 2 is 0.513 bits per heavy atom. The topological polar surface area (TPSA) is 84.6 Å². The summed E-state index contributed by atoms with van der Waals surface area (Å²) in [5.74, 6) is -1.50. The van der Waals surface area contributed by atoms with Crippen molar-refractivity contribution >= 4 is 78.6 Å². The second-order valence-electron chi connectivity index (χ2n) is 25.0. The highest BCUT2D eigenvalue weighted by molar-refractivity contribution is 6.35. The van der Waals surface area contributed by atoms with E-state index in [1.807, 2.05) is 48.5 Å². The number of amides is 4. The van der Waals surface area contributed by atoms with E-state index in [0.29, 0.717) is 33.6 Å². The number of anilines is 2. The standard InChI is InChI=1S/C68H62N4O4/c1-65(2,3)41-17-29-57-51(33-41)52-34-42(66(4,5)6)18-30-58(52)69(57)47-25-27-49-55(37-47)63(75)71(61(49)73)45-21-13-39(14-22-45)40-15-23-46(24-16-40)72-62(74)50-28-26-48(38-56(50)64(72)76)70-59-31-19-43(67(7,8)9)35-53(59)54-36-44(68(10,11)12)20-32-60(54)70/h13-38H,1-12H3.